The molecule has 0 atom stereocenters. The first-order valence-electron chi connectivity index (χ1n) is 6.30. The van der Waals surface area contributed by atoms with Crippen molar-refractivity contribution in [1.29, 1.82) is 0 Å². The third-order valence-electron chi connectivity index (χ3n) is 3.28. The van der Waals surface area contributed by atoms with E-state index in [-0.39, 0.29) is 11.5 Å². The molecule has 2 aromatic carbocycles. The summed E-state index contributed by atoms with van der Waals surface area (Å²) < 4.78 is 0. The largest absolute Gasteiger partial charge is 0.507 e. The molecule has 2 heteroatoms. The molecule has 0 bridgehead atoms. The molecule has 0 unspecified atom stereocenters. The van der Waals surface area contributed by atoms with Crippen molar-refractivity contribution in [2.45, 2.75) is 26.7 Å². The van der Waals surface area contributed by atoms with Gasteiger partial charge in [-0.15, -0.1) is 0 Å². The highest BCUT2D eigenvalue weighted by Gasteiger charge is 2.11. The molecule has 94 valence electrons. The van der Waals surface area contributed by atoms with Crippen molar-refractivity contribution in [2.24, 2.45) is 0 Å². The van der Waals surface area contributed by atoms with Crippen LogP contribution in [0.1, 0.15) is 25.0 Å². The SMILES string of the molecule is CCc1ccc(-c2c(O)cccc2O)cc1CC. The van der Waals surface area contributed by atoms with Gasteiger partial charge in [0.05, 0.1) is 5.56 Å². The van der Waals surface area contributed by atoms with Crippen LogP contribution in [0.5, 0.6) is 11.5 Å². The van der Waals surface area contributed by atoms with E-state index in [1.165, 1.54) is 11.1 Å². The standard InChI is InChI=1S/C16H18O2/c1-3-11-8-9-13(10-12(11)4-2)16-14(17)6-5-7-15(16)18/h5-10,17-18H,3-4H2,1-2H3. The van der Waals surface area contributed by atoms with Crippen LogP contribution in [-0.4, -0.2) is 10.2 Å². The molecule has 0 aromatic heterocycles. The maximum absolute atomic E-state index is 9.87. The Balaban J connectivity index is 2.58. The molecule has 0 saturated heterocycles. The van der Waals surface area contributed by atoms with Crippen LogP contribution in [0.15, 0.2) is 36.4 Å². The van der Waals surface area contributed by atoms with Gasteiger partial charge >= 0.3 is 0 Å². The van der Waals surface area contributed by atoms with Gasteiger partial charge in [0, 0.05) is 0 Å². The van der Waals surface area contributed by atoms with Crippen LogP contribution >= 0.6 is 0 Å². The van der Waals surface area contributed by atoms with E-state index in [0.29, 0.717) is 5.56 Å². The van der Waals surface area contributed by atoms with Gasteiger partial charge in [0.25, 0.3) is 0 Å². The Morgan fingerprint density at radius 3 is 2.00 bits per heavy atom. The minimum Gasteiger partial charge on any atom is -0.507 e. The highest BCUT2D eigenvalue weighted by Crippen LogP contribution is 2.37. The molecule has 0 aliphatic rings. The fraction of sp³-hybridized carbons (Fsp3) is 0.250. The van der Waals surface area contributed by atoms with Crippen LogP contribution in [0.25, 0.3) is 11.1 Å². The smallest absolute Gasteiger partial charge is 0.127 e. The molecule has 2 rings (SSSR count). The lowest BCUT2D eigenvalue weighted by atomic mass is 9.95. The first-order chi connectivity index (χ1) is 8.67. The van der Waals surface area contributed by atoms with Crippen molar-refractivity contribution < 1.29 is 10.2 Å². The van der Waals surface area contributed by atoms with E-state index >= 15 is 0 Å². The lowest BCUT2D eigenvalue weighted by molar-refractivity contribution is 0.454. The molecule has 0 saturated carbocycles. The van der Waals surface area contributed by atoms with Crippen LogP contribution in [0.4, 0.5) is 0 Å². The van der Waals surface area contributed by atoms with Gasteiger partial charge in [-0.2, -0.15) is 0 Å². The van der Waals surface area contributed by atoms with Gasteiger partial charge in [-0.3, -0.25) is 0 Å². The summed E-state index contributed by atoms with van der Waals surface area (Å²) in [7, 11) is 0. The first kappa shape index (κ1) is 12.5. The van der Waals surface area contributed by atoms with Crippen molar-refractivity contribution in [2.75, 3.05) is 0 Å². The highest BCUT2D eigenvalue weighted by atomic mass is 16.3. The number of benzene rings is 2. The topological polar surface area (TPSA) is 40.5 Å². The lowest BCUT2D eigenvalue weighted by Crippen LogP contribution is -1.92. The van der Waals surface area contributed by atoms with Gasteiger partial charge in [0.15, 0.2) is 0 Å². The Morgan fingerprint density at radius 1 is 0.833 bits per heavy atom. The van der Waals surface area contributed by atoms with Gasteiger partial charge in [-0.25, -0.2) is 0 Å². The van der Waals surface area contributed by atoms with E-state index in [1.807, 2.05) is 12.1 Å². The summed E-state index contributed by atoms with van der Waals surface area (Å²) in [5.41, 5.74) is 3.95. The zero-order chi connectivity index (χ0) is 13.1. The maximum Gasteiger partial charge on any atom is 0.127 e. The number of hydrogen-bond acceptors (Lipinski definition) is 2. The van der Waals surface area contributed by atoms with Crippen molar-refractivity contribution in [3.05, 3.63) is 47.5 Å². The second kappa shape index (κ2) is 5.13. The van der Waals surface area contributed by atoms with Crippen LogP contribution in [0.2, 0.25) is 0 Å². The molecule has 0 aliphatic carbocycles. The Bertz CT molecular complexity index is 539. The first-order valence-corrected chi connectivity index (χ1v) is 6.30. The molecular weight excluding hydrogens is 224 g/mol. The Labute approximate surface area is 108 Å². The summed E-state index contributed by atoms with van der Waals surface area (Å²) in [6.07, 6.45) is 1.95. The van der Waals surface area contributed by atoms with Gasteiger partial charge in [-0.1, -0.05) is 38.1 Å². The lowest BCUT2D eigenvalue weighted by Gasteiger charge is -2.11. The van der Waals surface area contributed by atoms with Gasteiger partial charge in [0.2, 0.25) is 0 Å². The Morgan fingerprint density at radius 2 is 1.44 bits per heavy atom. The second-order valence-electron chi connectivity index (χ2n) is 4.36. The Hall–Kier alpha value is -1.96. The van der Waals surface area contributed by atoms with Crippen LogP contribution in [0.3, 0.4) is 0 Å². The van der Waals surface area contributed by atoms with Crippen LogP contribution in [-0.2, 0) is 12.8 Å². The summed E-state index contributed by atoms with van der Waals surface area (Å²) in [5, 5.41) is 19.7. The fourth-order valence-corrected chi connectivity index (χ4v) is 2.28. The van der Waals surface area contributed by atoms with E-state index in [4.69, 9.17) is 0 Å². The van der Waals surface area contributed by atoms with Crippen molar-refractivity contribution >= 4 is 0 Å². The molecule has 0 fully saturated rings. The van der Waals surface area contributed by atoms with E-state index in [9.17, 15) is 10.2 Å². The molecule has 0 aliphatic heterocycles. The van der Waals surface area contributed by atoms with E-state index in [0.717, 1.165) is 18.4 Å². The number of aromatic hydroxyl groups is 2. The highest BCUT2D eigenvalue weighted by molar-refractivity contribution is 5.76. The molecule has 2 N–H and O–H groups in total. The maximum atomic E-state index is 9.87. The van der Waals surface area contributed by atoms with Gasteiger partial charge in [-0.05, 0) is 41.7 Å². The molecule has 0 spiro atoms. The Kier molecular flexibility index (Phi) is 3.56. The summed E-state index contributed by atoms with van der Waals surface area (Å²) in [4.78, 5) is 0. The summed E-state index contributed by atoms with van der Waals surface area (Å²) in [6.45, 7) is 4.24. The van der Waals surface area contributed by atoms with Gasteiger partial charge < -0.3 is 10.2 Å². The molecule has 2 aromatic rings. The molecule has 0 heterocycles. The zero-order valence-corrected chi connectivity index (χ0v) is 10.8. The normalized spacial score (nSPS) is 10.6. The second-order valence-corrected chi connectivity index (χ2v) is 4.36. The van der Waals surface area contributed by atoms with E-state index in [1.54, 1.807) is 18.2 Å². The molecule has 2 nitrogen and oxygen atoms in total. The third-order valence-corrected chi connectivity index (χ3v) is 3.28. The van der Waals surface area contributed by atoms with Crippen molar-refractivity contribution in [3.8, 4) is 22.6 Å². The molecular formula is C16H18O2. The summed E-state index contributed by atoms with van der Waals surface area (Å²) in [6, 6.07) is 10.9. The minimum atomic E-state index is 0.112. The number of hydrogen-bond donors (Lipinski definition) is 2. The quantitative estimate of drug-likeness (QED) is 0.857. The number of phenolic OH excluding ortho intramolecular Hbond substituents is 2. The zero-order valence-electron chi connectivity index (χ0n) is 10.8. The number of aryl methyl sites for hydroxylation is 2. The van der Waals surface area contributed by atoms with Gasteiger partial charge in [0.1, 0.15) is 11.5 Å². The average Bonchev–Trinajstić information content (AvgIpc) is 2.38. The predicted molar refractivity (Wildman–Crippen MR) is 74.0 cm³/mol. The third kappa shape index (κ3) is 2.19. The van der Waals surface area contributed by atoms with Crippen LogP contribution < -0.4 is 0 Å². The molecule has 0 amide bonds. The minimum absolute atomic E-state index is 0.112. The van der Waals surface area contributed by atoms with Crippen LogP contribution in [0, 0.1) is 0 Å². The number of rotatable bonds is 3. The number of phenols is 2. The summed E-state index contributed by atoms with van der Waals surface area (Å²) in [5.74, 6) is 0.225. The summed E-state index contributed by atoms with van der Waals surface area (Å²) >= 11 is 0. The predicted octanol–water partition coefficient (Wildman–Crippen LogP) is 3.89. The fourth-order valence-electron chi connectivity index (χ4n) is 2.28. The van der Waals surface area contributed by atoms with Crippen molar-refractivity contribution in [3.63, 3.8) is 0 Å². The average molecular weight is 242 g/mol. The molecule has 18 heavy (non-hydrogen) atoms. The van der Waals surface area contributed by atoms with E-state index in [2.05, 4.69) is 19.9 Å². The van der Waals surface area contributed by atoms with E-state index < -0.39 is 0 Å². The monoisotopic (exact) mass is 242 g/mol. The van der Waals surface area contributed by atoms with Crippen molar-refractivity contribution in [1.82, 2.24) is 0 Å². The molecule has 0 radical (unpaired) electrons.